The topological polar surface area (TPSA) is 58.2 Å². The number of hydrogen-bond acceptors (Lipinski definition) is 2. The summed E-state index contributed by atoms with van der Waals surface area (Å²) in [6.07, 6.45) is 36.4. The van der Waals surface area contributed by atoms with Gasteiger partial charge in [-0.2, -0.15) is 0 Å². The molecule has 2 amide bonds. The molecule has 0 aliphatic heterocycles. The van der Waals surface area contributed by atoms with Gasteiger partial charge in [0.15, 0.2) is 0 Å². The van der Waals surface area contributed by atoms with Crippen LogP contribution in [0.2, 0.25) is 0 Å². The minimum Gasteiger partial charge on any atom is -0.356 e. The Morgan fingerprint density at radius 1 is 0.489 bits per heavy atom. The maximum absolute atomic E-state index is 12.2. The lowest BCUT2D eigenvalue weighted by molar-refractivity contribution is -0.121. The van der Waals surface area contributed by atoms with E-state index in [9.17, 15) is 9.59 Å². The highest BCUT2D eigenvalue weighted by atomic mass is 16.2. The predicted molar refractivity (Wildman–Crippen MR) is 204 cm³/mol. The SMILES string of the molecule is CCCCCCCCCCCCCCCC(=O)NCC#Cc1ccc(CCNC(=O)CCCCCCCCCCCCCCC)cc1. The van der Waals surface area contributed by atoms with Crippen molar-refractivity contribution in [2.24, 2.45) is 0 Å². The van der Waals surface area contributed by atoms with Crippen LogP contribution in [0, 0.1) is 11.8 Å². The van der Waals surface area contributed by atoms with Crippen molar-refractivity contribution < 1.29 is 9.59 Å². The largest absolute Gasteiger partial charge is 0.356 e. The number of hydrogen-bond donors (Lipinski definition) is 2. The molecule has 0 aliphatic rings. The Balaban J connectivity index is 1.95. The van der Waals surface area contributed by atoms with Crippen LogP contribution >= 0.6 is 0 Å². The van der Waals surface area contributed by atoms with Gasteiger partial charge in [-0.25, -0.2) is 0 Å². The van der Waals surface area contributed by atoms with E-state index < -0.39 is 0 Å². The van der Waals surface area contributed by atoms with Crippen LogP contribution in [-0.4, -0.2) is 24.9 Å². The van der Waals surface area contributed by atoms with Crippen LogP contribution in [0.25, 0.3) is 0 Å². The lowest BCUT2D eigenvalue weighted by atomic mass is 10.0. The summed E-state index contributed by atoms with van der Waals surface area (Å²) in [5.41, 5.74) is 2.15. The van der Waals surface area contributed by atoms with E-state index in [1.165, 1.54) is 147 Å². The molecule has 1 aromatic carbocycles. The van der Waals surface area contributed by atoms with Crippen LogP contribution in [-0.2, 0) is 16.0 Å². The second kappa shape index (κ2) is 33.6. The number of nitrogens with one attached hydrogen (secondary N) is 2. The Hall–Kier alpha value is -2.28. The molecule has 0 fully saturated rings. The van der Waals surface area contributed by atoms with Gasteiger partial charge in [-0.3, -0.25) is 9.59 Å². The molecule has 0 aromatic heterocycles. The van der Waals surface area contributed by atoms with E-state index in [1.807, 2.05) is 12.1 Å². The number of unbranched alkanes of at least 4 members (excludes halogenated alkanes) is 24. The maximum atomic E-state index is 12.2. The zero-order chi connectivity index (χ0) is 33.9. The van der Waals surface area contributed by atoms with Crippen molar-refractivity contribution in [3.63, 3.8) is 0 Å². The molecule has 0 saturated heterocycles. The first-order valence-corrected chi connectivity index (χ1v) is 20.3. The van der Waals surface area contributed by atoms with Crippen LogP contribution in [0.1, 0.15) is 205 Å². The number of carbonyl (C=O) groups excluding carboxylic acids is 2. The van der Waals surface area contributed by atoms with Gasteiger partial charge in [0, 0.05) is 24.9 Å². The van der Waals surface area contributed by atoms with Crippen LogP contribution in [0.5, 0.6) is 0 Å². The third kappa shape index (κ3) is 29.6. The number of carbonyl (C=O) groups is 2. The van der Waals surface area contributed by atoms with Gasteiger partial charge in [-0.1, -0.05) is 192 Å². The smallest absolute Gasteiger partial charge is 0.220 e. The Kier molecular flexibility index (Phi) is 30.6. The first kappa shape index (κ1) is 42.7. The molecule has 1 rings (SSSR count). The number of benzene rings is 1. The predicted octanol–water partition coefficient (Wildman–Crippen LogP) is 11.8. The molecule has 0 aliphatic carbocycles. The van der Waals surface area contributed by atoms with Gasteiger partial charge in [0.1, 0.15) is 0 Å². The maximum Gasteiger partial charge on any atom is 0.220 e. The first-order valence-electron chi connectivity index (χ1n) is 20.3. The summed E-state index contributed by atoms with van der Waals surface area (Å²) < 4.78 is 0. The van der Waals surface area contributed by atoms with Crippen molar-refractivity contribution in [3.05, 3.63) is 35.4 Å². The van der Waals surface area contributed by atoms with Crippen LogP contribution < -0.4 is 10.6 Å². The van der Waals surface area contributed by atoms with Gasteiger partial charge in [0.25, 0.3) is 0 Å². The zero-order valence-electron chi connectivity index (χ0n) is 31.0. The molecule has 0 heterocycles. The Morgan fingerprint density at radius 2 is 0.851 bits per heavy atom. The summed E-state index contributed by atoms with van der Waals surface area (Å²) >= 11 is 0. The fourth-order valence-electron chi connectivity index (χ4n) is 6.17. The van der Waals surface area contributed by atoms with Crippen LogP contribution in [0.15, 0.2) is 24.3 Å². The second-order valence-corrected chi connectivity index (χ2v) is 13.9. The molecule has 1 aromatic rings. The van der Waals surface area contributed by atoms with E-state index >= 15 is 0 Å². The summed E-state index contributed by atoms with van der Waals surface area (Å²) in [7, 11) is 0. The standard InChI is InChI=1S/C43H74N2O2/c1-3-5-7-9-11-13-15-17-19-21-23-25-27-31-42(46)44-38-29-30-40-33-35-41(36-34-40)37-39-45-43(47)32-28-26-24-22-20-18-16-14-12-10-8-6-4-2/h33-36H,3-28,31-32,37-39H2,1-2H3,(H,44,46)(H,45,47). The van der Waals surface area contributed by atoms with Gasteiger partial charge >= 0.3 is 0 Å². The molecule has 0 spiro atoms. The highest BCUT2D eigenvalue weighted by Crippen LogP contribution is 2.14. The molecule has 268 valence electrons. The molecule has 0 unspecified atom stereocenters. The van der Waals surface area contributed by atoms with E-state index in [0.717, 1.165) is 37.7 Å². The van der Waals surface area contributed by atoms with E-state index in [4.69, 9.17) is 0 Å². The molecular formula is C43H74N2O2. The monoisotopic (exact) mass is 651 g/mol. The molecule has 2 N–H and O–H groups in total. The molecular weight excluding hydrogens is 576 g/mol. The van der Waals surface area contributed by atoms with Gasteiger partial charge in [0.2, 0.25) is 11.8 Å². The van der Waals surface area contributed by atoms with Crippen molar-refractivity contribution >= 4 is 11.8 Å². The lowest BCUT2D eigenvalue weighted by Gasteiger charge is -2.06. The Labute approximate surface area is 291 Å². The molecule has 4 heteroatoms. The molecule has 0 atom stereocenters. The fourth-order valence-corrected chi connectivity index (χ4v) is 6.17. The van der Waals surface area contributed by atoms with Crippen LogP contribution in [0.4, 0.5) is 0 Å². The quantitative estimate of drug-likeness (QED) is 0.0602. The van der Waals surface area contributed by atoms with Gasteiger partial charge in [-0.15, -0.1) is 0 Å². The van der Waals surface area contributed by atoms with Crippen molar-refractivity contribution in [2.75, 3.05) is 13.1 Å². The van der Waals surface area contributed by atoms with E-state index in [2.05, 4.69) is 48.5 Å². The van der Waals surface area contributed by atoms with Crippen molar-refractivity contribution in [1.82, 2.24) is 10.6 Å². The third-order valence-corrected chi connectivity index (χ3v) is 9.31. The summed E-state index contributed by atoms with van der Waals surface area (Å²) in [4.78, 5) is 24.3. The average molecular weight is 651 g/mol. The fraction of sp³-hybridized carbons (Fsp3) is 0.767. The van der Waals surface area contributed by atoms with Crippen molar-refractivity contribution in [1.29, 1.82) is 0 Å². The molecule has 47 heavy (non-hydrogen) atoms. The lowest BCUT2D eigenvalue weighted by Crippen LogP contribution is -2.25. The van der Waals surface area contributed by atoms with Crippen molar-refractivity contribution in [3.8, 4) is 11.8 Å². The third-order valence-electron chi connectivity index (χ3n) is 9.31. The average Bonchev–Trinajstić information content (AvgIpc) is 3.08. The molecule has 0 saturated carbocycles. The summed E-state index contributed by atoms with van der Waals surface area (Å²) in [5.74, 6) is 6.49. The Bertz CT molecular complexity index is 914. The molecule has 4 nitrogen and oxygen atoms in total. The Morgan fingerprint density at radius 3 is 1.26 bits per heavy atom. The minimum atomic E-state index is 0.105. The molecule has 0 radical (unpaired) electrons. The van der Waals surface area contributed by atoms with E-state index in [1.54, 1.807) is 0 Å². The van der Waals surface area contributed by atoms with E-state index in [0.29, 0.717) is 25.9 Å². The van der Waals surface area contributed by atoms with Gasteiger partial charge in [-0.05, 0) is 37.0 Å². The van der Waals surface area contributed by atoms with Gasteiger partial charge in [0.05, 0.1) is 6.54 Å². The number of rotatable bonds is 32. The van der Waals surface area contributed by atoms with Crippen LogP contribution in [0.3, 0.4) is 0 Å². The highest BCUT2D eigenvalue weighted by Gasteiger charge is 2.02. The number of amides is 2. The molecule has 0 bridgehead atoms. The summed E-state index contributed by atoms with van der Waals surface area (Å²) in [6.45, 7) is 5.62. The minimum absolute atomic E-state index is 0.105. The zero-order valence-corrected chi connectivity index (χ0v) is 31.0. The first-order chi connectivity index (χ1) is 23.2. The van der Waals surface area contributed by atoms with Crippen molar-refractivity contribution in [2.45, 2.75) is 200 Å². The highest BCUT2D eigenvalue weighted by molar-refractivity contribution is 5.76. The normalized spacial score (nSPS) is 10.9. The van der Waals surface area contributed by atoms with Gasteiger partial charge < -0.3 is 10.6 Å². The second-order valence-electron chi connectivity index (χ2n) is 13.9. The van der Waals surface area contributed by atoms with E-state index in [-0.39, 0.29) is 11.8 Å². The summed E-state index contributed by atoms with van der Waals surface area (Å²) in [6, 6.07) is 8.20. The summed E-state index contributed by atoms with van der Waals surface area (Å²) in [5, 5.41) is 6.01.